The summed E-state index contributed by atoms with van der Waals surface area (Å²) in [6.07, 6.45) is 3.38. The Morgan fingerprint density at radius 2 is 1.65 bits per heavy atom. The average Bonchev–Trinajstić information content (AvgIpc) is 3.68. The van der Waals surface area contributed by atoms with Crippen molar-refractivity contribution in [2.45, 2.75) is 65.1 Å². The van der Waals surface area contributed by atoms with Gasteiger partial charge in [-0.2, -0.15) is 5.10 Å². The van der Waals surface area contributed by atoms with Gasteiger partial charge in [-0.25, -0.2) is 4.79 Å². The van der Waals surface area contributed by atoms with Crippen molar-refractivity contribution in [1.29, 1.82) is 0 Å². The maximum Gasteiger partial charge on any atom is 0.321 e. The summed E-state index contributed by atoms with van der Waals surface area (Å²) in [5.41, 5.74) is 6.10. The molecule has 3 aliphatic rings. The number of hydrogen-bond donors (Lipinski definition) is 2. The van der Waals surface area contributed by atoms with E-state index in [0.29, 0.717) is 24.3 Å². The third-order valence-corrected chi connectivity index (χ3v) is 10.4. The van der Waals surface area contributed by atoms with Gasteiger partial charge < -0.3 is 30.2 Å². The molecule has 3 aromatic rings. The largest absolute Gasteiger partial charge is 0.366 e. The number of rotatable bonds is 7. The van der Waals surface area contributed by atoms with Crippen molar-refractivity contribution in [3.05, 3.63) is 76.6 Å². The fourth-order valence-corrected chi connectivity index (χ4v) is 7.46. The minimum atomic E-state index is -0.208. The molecule has 48 heavy (non-hydrogen) atoms. The van der Waals surface area contributed by atoms with E-state index in [2.05, 4.69) is 48.3 Å². The molecule has 2 fully saturated rings. The summed E-state index contributed by atoms with van der Waals surface area (Å²) in [5, 5.41) is 11.0. The molecule has 0 bridgehead atoms. The van der Waals surface area contributed by atoms with Crippen LogP contribution in [-0.4, -0.2) is 96.2 Å². The second kappa shape index (κ2) is 13.6. The first-order valence-electron chi connectivity index (χ1n) is 17.2. The summed E-state index contributed by atoms with van der Waals surface area (Å²) in [7, 11) is 5.66. The molecule has 1 spiro atoms. The molecule has 256 valence electrons. The molecule has 1 aromatic heterocycles. The van der Waals surface area contributed by atoms with Gasteiger partial charge in [0.1, 0.15) is 0 Å². The smallest absolute Gasteiger partial charge is 0.321 e. The lowest BCUT2D eigenvalue weighted by Gasteiger charge is -2.37. The summed E-state index contributed by atoms with van der Waals surface area (Å²) in [6.45, 7) is 11.9. The summed E-state index contributed by atoms with van der Waals surface area (Å²) in [5.74, 6) is -0.0808. The van der Waals surface area contributed by atoms with Gasteiger partial charge in [0.05, 0.1) is 0 Å². The number of benzene rings is 2. The Hall–Kier alpha value is -4.38. The van der Waals surface area contributed by atoms with Gasteiger partial charge in [0.25, 0.3) is 11.8 Å². The highest BCUT2D eigenvalue weighted by molar-refractivity contribution is 5.95. The zero-order valence-electron chi connectivity index (χ0n) is 29.3. The Morgan fingerprint density at radius 3 is 2.29 bits per heavy atom. The number of aromatic nitrogens is 2. The van der Waals surface area contributed by atoms with Gasteiger partial charge in [0.2, 0.25) is 0 Å². The monoisotopic (exact) mass is 654 g/mol. The number of anilines is 2. The number of amides is 4. The van der Waals surface area contributed by atoms with Crippen LogP contribution in [0.15, 0.2) is 48.5 Å². The van der Waals surface area contributed by atoms with E-state index in [1.165, 1.54) is 0 Å². The van der Waals surface area contributed by atoms with E-state index >= 15 is 0 Å². The molecule has 0 radical (unpaired) electrons. The summed E-state index contributed by atoms with van der Waals surface area (Å²) < 4.78 is 2.00. The lowest BCUT2D eigenvalue weighted by Crippen LogP contribution is -2.41. The Morgan fingerprint density at radius 1 is 0.979 bits per heavy atom. The first-order valence-corrected chi connectivity index (χ1v) is 17.2. The van der Waals surface area contributed by atoms with Crippen LogP contribution in [0.4, 0.5) is 16.2 Å². The van der Waals surface area contributed by atoms with Gasteiger partial charge in [-0.15, -0.1) is 0 Å². The third-order valence-electron chi connectivity index (χ3n) is 10.4. The quantitative estimate of drug-likeness (QED) is 0.364. The second-order valence-electron chi connectivity index (χ2n) is 14.6. The number of carbonyl (C=O) groups excluding carboxylic acids is 3. The van der Waals surface area contributed by atoms with Crippen LogP contribution in [0.25, 0.3) is 0 Å². The maximum atomic E-state index is 13.7. The van der Waals surface area contributed by atoms with E-state index in [-0.39, 0.29) is 35.2 Å². The van der Waals surface area contributed by atoms with Crippen LogP contribution in [0.5, 0.6) is 0 Å². The summed E-state index contributed by atoms with van der Waals surface area (Å²) in [4.78, 5) is 47.3. The molecular weight excluding hydrogens is 604 g/mol. The number of nitrogens with zero attached hydrogens (tertiary/aromatic N) is 6. The standard InChI is InChI=1S/C37H50N8O3/c1-25(2)45-33-26(3)22-44(30-13-9-28(10-14-30)35(47)41(4)5)23-31(33)32(40-45)34(46)38-21-27-7-11-29(12-8-27)39-36(48)43-20-17-37(24-43)15-18-42(6)19-16-37/h7-14,25-26H,15-24H2,1-6H3,(H,38,46)(H,39,48)/t26-/m0/s1. The van der Waals surface area contributed by atoms with Crippen LogP contribution in [0.3, 0.4) is 0 Å². The molecule has 0 aliphatic carbocycles. The normalized spacial score (nSPS) is 19.0. The molecule has 3 aliphatic heterocycles. The maximum absolute atomic E-state index is 13.7. The van der Waals surface area contributed by atoms with E-state index in [1.807, 2.05) is 58.1 Å². The lowest BCUT2D eigenvalue weighted by atomic mass is 9.78. The van der Waals surface area contributed by atoms with Crippen LogP contribution in [0.2, 0.25) is 0 Å². The van der Waals surface area contributed by atoms with Gasteiger partial charge in [-0.05, 0) is 101 Å². The molecule has 4 amide bonds. The Bertz CT molecular complexity index is 1640. The van der Waals surface area contributed by atoms with E-state index in [4.69, 9.17) is 5.10 Å². The van der Waals surface area contributed by atoms with Crippen molar-refractivity contribution < 1.29 is 14.4 Å². The summed E-state index contributed by atoms with van der Waals surface area (Å²) in [6, 6.07) is 15.4. The third kappa shape index (κ3) is 6.92. The SMILES string of the molecule is CC(C)n1nc(C(=O)NCc2ccc(NC(=O)N3CCC4(CCN(C)CC4)C3)cc2)c2c1[C@@H](C)CN(c1ccc(C(=O)N(C)C)cc1)C2. The highest BCUT2D eigenvalue weighted by atomic mass is 16.2. The van der Waals surface area contributed by atoms with E-state index in [1.54, 1.807) is 19.0 Å². The summed E-state index contributed by atoms with van der Waals surface area (Å²) >= 11 is 0. The van der Waals surface area contributed by atoms with Crippen LogP contribution in [-0.2, 0) is 13.1 Å². The molecule has 4 heterocycles. The van der Waals surface area contributed by atoms with Crippen molar-refractivity contribution in [2.75, 3.05) is 64.1 Å². The molecule has 2 saturated heterocycles. The van der Waals surface area contributed by atoms with Crippen molar-refractivity contribution in [1.82, 2.24) is 29.8 Å². The molecule has 0 saturated carbocycles. The number of likely N-dealkylation sites (tertiary alicyclic amines) is 2. The second-order valence-corrected chi connectivity index (χ2v) is 14.6. The van der Waals surface area contributed by atoms with Gasteiger partial charge in [-0.1, -0.05) is 19.1 Å². The first-order chi connectivity index (χ1) is 22.9. The van der Waals surface area contributed by atoms with Crippen LogP contribution < -0.4 is 15.5 Å². The molecule has 6 rings (SSSR count). The van der Waals surface area contributed by atoms with Gasteiger partial charge >= 0.3 is 6.03 Å². The highest BCUT2D eigenvalue weighted by Gasteiger charge is 2.41. The molecule has 2 aromatic carbocycles. The number of nitrogens with one attached hydrogen (secondary N) is 2. The number of hydrogen-bond acceptors (Lipinski definition) is 6. The fourth-order valence-electron chi connectivity index (χ4n) is 7.46. The lowest BCUT2D eigenvalue weighted by molar-refractivity contribution is 0.0827. The van der Waals surface area contributed by atoms with Gasteiger partial charge in [0.15, 0.2) is 5.69 Å². The molecule has 0 unspecified atom stereocenters. The topological polar surface area (TPSA) is 106 Å². The van der Waals surface area contributed by atoms with Gasteiger partial charge in [-0.3, -0.25) is 14.3 Å². The van der Waals surface area contributed by atoms with Crippen LogP contribution in [0, 0.1) is 5.41 Å². The van der Waals surface area contributed by atoms with Crippen molar-refractivity contribution in [2.24, 2.45) is 5.41 Å². The predicted molar refractivity (Wildman–Crippen MR) is 189 cm³/mol. The Balaban J connectivity index is 1.09. The first kappa shape index (κ1) is 33.5. The van der Waals surface area contributed by atoms with E-state index in [0.717, 1.165) is 80.2 Å². The Labute approximate surface area is 284 Å². The molecule has 1 atom stereocenters. The zero-order valence-corrected chi connectivity index (χ0v) is 29.3. The number of carbonyl (C=O) groups is 3. The molecule has 11 nitrogen and oxygen atoms in total. The van der Waals surface area contributed by atoms with Crippen molar-refractivity contribution >= 4 is 29.2 Å². The molecule has 11 heteroatoms. The minimum Gasteiger partial charge on any atom is -0.366 e. The van der Waals surface area contributed by atoms with Gasteiger partial charge in [0, 0.05) is 87.0 Å². The minimum absolute atomic E-state index is 0.0321. The number of piperidine rings is 1. The van der Waals surface area contributed by atoms with Crippen LogP contribution >= 0.6 is 0 Å². The highest BCUT2D eigenvalue weighted by Crippen LogP contribution is 2.40. The fraction of sp³-hybridized carbons (Fsp3) is 0.514. The molecule has 2 N–H and O–H groups in total. The number of urea groups is 1. The van der Waals surface area contributed by atoms with E-state index < -0.39 is 0 Å². The average molecular weight is 655 g/mol. The van der Waals surface area contributed by atoms with Crippen LogP contribution in [0.1, 0.15) is 89.7 Å². The van der Waals surface area contributed by atoms with Crippen molar-refractivity contribution in [3.8, 4) is 0 Å². The van der Waals surface area contributed by atoms with Crippen molar-refractivity contribution in [3.63, 3.8) is 0 Å². The molecular formula is C37H50N8O3. The van der Waals surface area contributed by atoms with E-state index in [9.17, 15) is 14.4 Å². The predicted octanol–water partition coefficient (Wildman–Crippen LogP) is 5.17. The number of fused-ring (bicyclic) bond motifs is 1. The Kier molecular flexibility index (Phi) is 9.51. The zero-order chi connectivity index (χ0) is 34.2.